The second-order valence-corrected chi connectivity index (χ2v) is 3.74. The average molecular weight is 229 g/mol. The third-order valence-electron chi connectivity index (χ3n) is 1.91. The highest BCUT2D eigenvalue weighted by Gasteiger charge is 2.07. The van der Waals surface area contributed by atoms with Gasteiger partial charge in [0.05, 0.1) is 17.1 Å². The number of nitrogens with one attached hydrogen (secondary N) is 1. The number of hydrogen-bond acceptors (Lipinski definition) is 4. The van der Waals surface area contributed by atoms with Crippen molar-refractivity contribution in [3.63, 3.8) is 0 Å². The van der Waals surface area contributed by atoms with Gasteiger partial charge in [-0.2, -0.15) is 5.26 Å². The topological polar surface area (TPSA) is 65.8 Å². The molecule has 4 nitrogen and oxygen atoms in total. The number of hydrogen-bond donors (Lipinski definition) is 1. The fourth-order valence-electron chi connectivity index (χ4n) is 1.19. The summed E-state index contributed by atoms with van der Waals surface area (Å²) in [6.45, 7) is 0. The summed E-state index contributed by atoms with van der Waals surface area (Å²) in [6, 6.07) is 8.75. The smallest absolute Gasteiger partial charge is 0.275 e. The molecule has 1 N–H and O–H groups in total. The van der Waals surface area contributed by atoms with Gasteiger partial charge in [0.15, 0.2) is 0 Å². The minimum absolute atomic E-state index is 0.267. The van der Waals surface area contributed by atoms with Crippen molar-refractivity contribution in [1.29, 1.82) is 5.26 Å². The van der Waals surface area contributed by atoms with Crippen LogP contribution in [0.1, 0.15) is 16.1 Å². The van der Waals surface area contributed by atoms with Crippen molar-refractivity contribution in [1.82, 2.24) is 4.98 Å². The first-order valence-corrected chi connectivity index (χ1v) is 5.43. The van der Waals surface area contributed by atoms with Crippen LogP contribution in [-0.2, 0) is 0 Å². The lowest BCUT2D eigenvalue weighted by Crippen LogP contribution is -2.12. The fraction of sp³-hybridized carbons (Fsp3) is 0. The van der Waals surface area contributed by atoms with Gasteiger partial charge in [-0.05, 0) is 18.2 Å². The molecule has 0 aliphatic carbocycles. The summed E-state index contributed by atoms with van der Waals surface area (Å²) >= 11 is 1.36. The number of anilines is 1. The molecule has 1 amide bonds. The van der Waals surface area contributed by atoms with Crippen LogP contribution in [0.25, 0.3) is 0 Å². The van der Waals surface area contributed by atoms with Gasteiger partial charge in [0.2, 0.25) is 0 Å². The van der Waals surface area contributed by atoms with Crippen molar-refractivity contribution < 1.29 is 4.79 Å². The second-order valence-electron chi connectivity index (χ2n) is 3.02. The van der Waals surface area contributed by atoms with Crippen molar-refractivity contribution in [2.24, 2.45) is 0 Å². The summed E-state index contributed by atoms with van der Waals surface area (Å²) in [6.07, 6.45) is 0. The van der Waals surface area contributed by atoms with Crippen LogP contribution in [0.4, 0.5) is 5.69 Å². The molecular formula is C11H7N3OS. The van der Waals surface area contributed by atoms with Crippen molar-refractivity contribution in [2.75, 3.05) is 5.32 Å². The Balaban J connectivity index is 2.16. The number of carbonyl (C=O) groups excluding carboxylic acids is 1. The molecule has 1 aromatic carbocycles. The van der Waals surface area contributed by atoms with Crippen LogP contribution in [0.5, 0.6) is 0 Å². The van der Waals surface area contributed by atoms with Crippen LogP contribution in [0.15, 0.2) is 35.2 Å². The molecule has 5 heteroatoms. The quantitative estimate of drug-likeness (QED) is 0.859. The van der Waals surface area contributed by atoms with Gasteiger partial charge in [-0.25, -0.2) is 4.98 Å². The van der Waals surface area contributed by atoms with Crippen molar-refractivity contribution in [3.8, 4) is 6.07 Å². The van der Waals surface area contributed by atoms with E-state index in [1.54, 1.807) is 35.2 Å². The molecule has 0 aliphatic rings. The maximum atomic E-state index is 11.6. The third kappa shape index (κ3) is 2.24. The molecule has 0 unspecified atom stereocenters. The molecule has 0 radical (unpaired) electrons. The lowest BCUT2D eigenvalue weighted by Gasteiger charge is -2.02. The number of rotatable bonds is 2. The summed E-state index contributed by atoms with van der Waals surface area (Å²) in [5, 5.41) is 13.1. The first-order chi connectivity index (χ1) is 7.79. The van der Waals surface area contributed by atoms with Gasteiger partial charge in [-0.3, -0.25) is 4.79 Å². The SMILES string of the molecule is N#Cc1cccc(NC(=O)c2cscn2)c1. The van der Waals surface area contributed by atoms with Crippen LogP contribution in [0.2, 0.25) is 0 Å². The predicted molar refractivity (Wildman–Crippen MR) is 61.2 cm³/mol. The number of nitriles is 1. The van der Waals surface area contributed by atoms with Crippen molar-refractivity contribution >= 4 is 22.9 Å². The Morgan fingerprint density at radius 1 is 1.50 bits per heavy atom. The predicted octanol–water partition coefficient (Wildman–Crippen LogP) is 2.27. The van der Waals surface area contributed by atoms with E-state index in [0.717, 1.165) is 0 Å². The van der Waals surface area contributed by atoms with Gasteiger partial charge < -0.3 is 5.32 Å². The van der Waals surface area contributed by atoms with Crippen LogP contribution in [-0.4, -0.2) is 10.9 Å². The van der Waals surface area contributed by atoms with E-state index in [-0.39, 0.29) is 5.91 Å². The highest BCUT2D eigenvalue weighted by Crippen LogP contribution is 2.11. The first kappa shape index (κ1) is 10.3. The second kappa shape index (κ2) is 4.55. The van der Waals surface area contributed by atoms with E-state index in [1.165, 1.54) is 11.3 Å². The molecule has 0 aliphatic heterocycles. The molecule has 16 heavy (non-hydrogen) atoms. The van der Waals surface area contributed by atoms with E-state index < -0.39 is 0 Å². The van der Waals surface area contributed by atoms with Crippen molar-refractivity contribution in [2.45, 2.75) is 0 Å². The minimum atomic E-state index is -0.267. The summed E-state index contributed by atoms with van der Waals surface area (Å²) in [7, 11) is 0. The Hall–Kier alpha value is -2.19. The van der Waals surface area contributed by atoms with E-state index in [2.05, 4.69) is 10.3 Å². The number of nitrogens with zero attached hydrogens (tertiary/aromatic N) is 2. The summed E-state index contributed by atoms with van der Waals surface area (Å²) in [4.78, 5) is 15.5. The molecule has 0 atom stereocenters. The van der Waals surface area contributed by atoms with E-state index >= 15 is 0 Å². The largest absolute Gasteiger partial charge is 0.321 e. The number of thiazole rings is 1. The van der Waals surface area contributed by atoms with Crippen LogP contribution in [0, 0.1) is 11.3 Å². The fourth-order valence-corrected chi connectivity index (χ4v) is 1.72. The van der Waals surface area contributed by atoms with Crippen LogP contribution in [0.3, 0.4) is 0 Å². The molecule has 78 valence electrons. The Kier molecular flexibility index (Phi) is 2.94. The van der Waals surface area contributed by atoms with Gasteiger partial charge in [-0.1, -0.05) is 6.07 Å². The molecule has 0 fully saturated rings. The molecular weight excluding hydrogens is 222 g/mol. The van der Waals surface area contributed by atoms with E-state index in [0.29, 0.717) is 16.9 Å². The molecule has 2 aromatic rings. The van der Waals surface area contributed by atoms with Gasteiger partial charge in [0.25, 0.3) is 5.91 Å². The molecule has 1 heterocycles. The minimum Gasteiger partial charge on any atom is -0.321 e. The highest BCUT2D eigenvalue weighted by molar-refractivity contribution is 7.07. The maximum absolute atomic E-state index is 11.6. The standard InChI is InChI=1S/C11H7N3OS/c12-5-8-2-1-3-9(4-8)14-11(15)10-6-16-7-13-10/h1-4,6-7H,(H,14,15). The lowest BCUT2D eigenvalue weighted by molar-refractivity contribution is 0.102. The average Bonchev–Trinajstić information content (AvgIpc) is 2.83. The molecule has 0 bridgehead atoms. The Bertz CT molecular complexity index is 543. The molecule has 0 saturated carbocycles. The van der Waals surface area contributed by atoms with Gasteiger partial charge in [0, 0.05) is 11.1 Å². The first-order valence-electron chi connectivity index (χ1n) is 4.49. The Morgan fingerprint density at radius 2 is 2.38 bits per heavy atom. The zero-order chi connectivity index (χ0) is 11.4. The number of aromatic nitrogens is 1. The zero-order valence-electron chi connectivity index (χ0n) is 8.18. The lowest BCUT2D eigenvalue weighted by atomic mass is 10.2. The van der Waals surface area contributed by atoms with Gasteiger partial charge >= 0.3 is 0 Å². The maximum Gasteiger partial charge on any atom is 0.275 e. The molecule has 1 aromatic heterocycles. The Morgan fingerprint density at radius 3 is 3.06 bits per heavy atom. The third-order valence-corrected chi connectivity index (χ3v) is 2.50. The molecule has 2 rings (SSSR count). The van der Waals surface area contributed by atoms with E-state index in [1.807, 2.05) is 6.07 Å². The Labute approximate surface area is 96.2 Å². The molecule has 0 spiro atoms. The number of carbonyl (C=O) groups is 1. The number of benzene rings is 1. The monoisotopic (exact) mass is 229 g/mol. The van der Waals surface area contributed by atoms with Gasteiger partial charge in [0.1, 0.15) is 5.69 Å². The van der Waals surface area contributed by atoms with E-state index in [4.69, 9.17) is 5.26 Å². The van der Waals surface area contributed by atoms with Crippen molar-refractivity contribution in [3.05, 3.63) is 46.4 Å². The normalized spacial score (nSPS) is 9.44. The summed E-state index contributed by atoms with van der Waals surface area (Å²) in [5.74, 6) is -0.267. The van der Waals surface area contributed by atoms with Crippen LogP contribution >= 0.6 is 11.3 Å². The zero-order valence-corrected chi connectivity index (χ0v) is 8.99. The number of amides is 1. The van der Waals surface area contributed by atoms with Crippen LogP contribution < -0.4 is 5.32 Å². The highest BCUT2D eigenvalue weighted by atomic mass is 32.1. The molecule has 0 saturated heterocycles. The van der Waals surface area contributed by atoms with Gasteiger partial charge in [-0.15, -0.1) is 11.3 Å². The summed E-state index contributed by atoms with van der Waals surface area (Å²) < 4.78 is 0. The summed E-state index contributed by atoms with van der Waals surface area (Å²) in [5.41, 5.74) is 3.08. The van der Waals surface area contributed by atoms with E-state index in [9.17, 15) is 4.79 Å².